The summed E-state index contributed by atoms with van der Waals surface area (Å²) in [5, 5.41) is 14.3. The molecule has 19 heavy (non-hydrogen) atoms. The summed E-state index contributed by atoms with van der Waals surface area (Å²) in [5.41, 5.74) is 1.77. The number of hydrogen-bond donors (Lipinski definition) is 1. The van der Waals surface area contributed by atoms with Gasteiger partial charge in [-0.2, -0.15) is 16.9 Å². The van der Waals surface area contributed by atoms with Crippen LogP contribution in [-0.2, 0) is 24.8 Å². The lowest BCUT2D eigenvalue weighted by Gasteiger charge is -2.32. The number of carboxylic acids is 1. The topological polar surface area (TPSA) is 58.4 Å². The van der Waals surface area contributed by atoms with E-state index in [1.165, 1.54) is 0 Å². The van der Waals surface area contributed by atoms with Crippen LogP contribution in [0.15, 0.2) is 0 Å². The molecule has 1 N–H and O–H groups in total. The van der Waals surface area contributed by atoms with Crippen molar-refractivity contribution >= 4 is 29.3 Å². The molecule has 0 bridgehead atoms. The van der Waals surface area contributed by atoms with E-state index in [4.69, 9.17) is 11.6 Å². The van der Waals surface area contributed by atoms with Gasteiger partial charge in [-0.05, 0) is 6.42 Å². The molecule has 1 aliphatic heterocycles. The van der Waals surface area contributed by atoms with Crippen molar-refractivity contribution in [1.29, 1.82) is 0 Å². The normalized spacial score (nSPS) is 20.7. The van der Waals surface area contributed by atoms with Crippen molar-refractivity contribution in [3.63, 3.8) is 0 Å². The Morgan fingerprint density at radius 2 is 2.37 bits per heavy atom. The fraction of sp³-hybridized carbons (Fsp3) is 0.667. The van der Waals surface area contributed by atoms with Crippen molar-refractivity contribution in [2.45, 2.75) is 25.9 Å². The number of nitrogens with zero attached hydrogens (tertiary/aromatic N) is 3. The monoisotopic (exact) mass is 303 g/mol. The van der Waals surface area contributed by atoms with Crippen LogP contribution < -0.4 is 0 Å². The second-order valence-electron chi connectivity index (χ2n) is 4.58. The first-order chi connectivity index (χ1) is 9.04. The van der Waals surface area contributed by atoms with E-state index in [0.717, 1.165) is 30.1 Å². The van der Waals surface area contributed by atoms with Crippen molar-refractivity contribution in [1.82, 2.24) is 14.7 Å². The van der Waals surface area contributed by atoms with Gasteiger partial charge in [0.15, 0.2) is 0 Å². The molecule has 1 aromatic heterocycles. The molecule has 106 valence electrons. The van der Waals surface area contributed by atoms with Gasteiger partial charge in [-0.3, -0.25) is 14.4 Å². The zero-order valence-electron chi connectivity index (χ0n) is 11.1. The van der Waals surface area contributed by atoms with Crippen LogP contribution in [-0.4, -0.2) is 49.8 Å². The molecule has 5 nitrogen and oxygen atoms in total. The van der Waals surface area contributed by atoms with Gasteiger partial charge < -0.3 is 5.11 Å². The second kappa shape index (κ2) is 6.15. The average molecular weight is 304 g/mol. The Bertz CT molecular complexity index is 478. The van der Waals surface area contributed by atoms with Crippen molar-refractivity contribution in [3.05, 3.63) is 16.4 Å². The quantitative estimate of drug-likeness (QED) is 0.916. The van der Waals surface area contributed by atoms with Gasteiger partial charge in [0.2, 0.25) is 0 Å². The molecule has 1 aromatic rings. The molecule has 1 aliphatic rings. The molecule has 1 unspecified atom stereocenters. The standard InChI is InChI=1S/C12H18ClN3O2S/c1-3-8-11(13)9(15(2)14-8)6-16-4-5-19-7-10(16)12(17)18/h10H,3-7H2,1-2H3,(H,17,18). The Balaban J connectivity index is 2.19. The molecule has 7 heteroatoms. The summed E-state index contributed by atoms with van der Waals surface area (Å²) in [6.45, 7) is 3.32. The lowest BCUT2D eigenvalue weighted by molar-refractivity contribution is -0.142. The third kappa shape index (κ3) is 3.07. The number of aryl methyl sites for hydroxylation is 2. The zero-order valence-corrected chi connectivity index (χ0v) is 12.7. The van der Waals surface area contributed by atoms with Crippen LogP contribution in [0.5, 0.6) is 0 Å². The van der Waals surface area contributed by atoms with Crippen LogP contribution in [0.2, 0.25) is 5.02 Å². The van der Waals surface area contributed by atoms with Gasteiger partial charge >= 0.3 is 5.97 Å². The van der Waals surface area contributed by atoms with E-state index in [2.05, 4.69) is 5.10 Å². The predicted molar refractivity (Wildman–Crippen MR) is 76.8 cm³/mol. The summed E-state index contributed by atoms with van der Waals surface area (Å²) in [4.78, 5) is 13.2. The van der Waals surface area contributed by atoms with Gasteiger partial charge in [0.05, 0.1) is 16.4 Å². The summed E-state index contributed by atoms with van der Waals surface area (Å²) in [7, 11) is 1.86. The van der Waals surface area contributed by atoms with Crippen molar-refractivity contribution in [3.8, 4) is 0 Å². The molecule has 1 saturated heterocycles. The number of halogens is 1. The van der Waals surface area contributed by atoms with E-state index in [1.54, 1.807) is 16.4 Å². The minimum atomic E-state index is -0.763. The summed E-state index contributed by atoms with van der Waals surface area (Å²) >= 11 is 8.00. The van der Waals surface area contributed by atoms with E-state index >= 15 is 0 Å². The van der Waals surface area contributed by atoms with E-state index < -0.39 is 12.0 Å². The Labute approximate surface area is 121 Å². The van der Waals surface area contributed by atoms with Gasteiger partial charge in [-0.1, -0.05) is 18.5 Å². The Hall–Kier alpha value is -0.720. The SMILES string of the molecule is CCc1nn(C)c(CN2CCSCC2C(=O)O)c1Cl. The average Bonchev–Trinajstić information content (AvgIpc) is 2.66. The molecule has 0 aliphatic carbocycles. The van der Waals surface area contributed by atoms with E-state index in [0.29, 0.717) is 17.3 Å². The first kappa shape index (κ1) is 14.7. The minimum Gasteiger partial charge on any atom is -0.480 e. The fourth-order valence-electron chi connectivity index (χ4n) is 2.24. The van der Waals surface area contributed by atoms with Crippen LogP contribution in [0.3, 0.4) is 0 Å². The smallest absolute Gasteiger partial charge is 0.321 e. The number of aliphatic carboxylic acids is 1. The van der Waals surface area contributed by atoms with Crippen LogP contribution in [0.1, 0.15) is 18.3 Å². The maximum absolute atomic E-state index is 11.3. The van der Waals surface area contributed by atoms with Gasteiger partial charge in [0.25, 0.3) is 0 Å². The minimum absolute atomic E-state index is 0.435. The van der Waals surface area contributed by atoms with Gasteiger partial charge in [0.1, 0.15) is 6.04 Å². The highest BCUT2D eigenvalue weighted by molar-refractivity contribution is 7.99. The number of rotatable bonds is 4. The third-order valence-electron chi connectivity index (χ3n) is 3.38. The summed E-state index contributed by atoms with van der Waals surface area (Å²) in [6.07, 6.45) is 0.783. The molecule has 0 radical (unpaired) electrons. The van der Waals surface area contributed by atoms with Crippen LogP contribution >= 0.6 is 23.4 Å². The van der Waals surface area contributed by atoms with Gasteiger partial charge in [0, 0.05) is 31.6 Å². The molecule has 2 heterocycles. The van der Waals surface area contributed by atoms with Crippen molar-refractivity contribution in [2.24, 2.45) is 7.05 Å². The van der Waals surface area contributed by atoms with Crippen LogP contribution in [0.25, 0.3) is 0 Å². The lowest BCUT2D eigenvalue weighted by Crippen LogP contribution is -2.46. The lowest BCUT2D eigenvalue weighted by atomic mass is 10.2. The number of carbonyl (C=O) groups is 1. The molecular formula is C12H18ClN3O2S. The number of hydrogen-bond acceptors (Lipinski definition) is 4. The maximum Gasteiger partial charge on any atom is 0.321 e. The fourth-order valence-corrected chi connectivity index (χ4v) is 3.70. The molecular weight excluding hydrogens is 286 g/mol. The molecule has 0 amide bonds. The van der Waals surface area contributed by atoms with Gasteiger partial charge in [-0.15, -0.1) is 0 Å². The number of carboxylic acid groups (broad SMARTS) is 1. The highest BCUT2D eigenvalue weighted by Gasteiger charge is 2.30. The highest BCUT2D eigenvalue weighted by atomic mass is 35.5. The molecule has 1 atom stereocenters. The van der Waals surface area contributed by atoms with Crippen LogP contribution in [0, 0.1) is 0 Å². The number of aromatic nitrogens is 2. The van der Waals surface area contributed by atoms with E-state index in [-0.39, 0.29) is 0 Å². The summed E-state index contributed by atoms with van der Waals surface area (Å²) in [5.74, 6) is 0.826. The molecule has 0 spiro atoms. The molecule has 0 saturated carbocycles. The van der Waals surface area contributed by atoms with Crippen molar-refractivity contribution in [2.75, 3.05) is 18.1 Å². The maximum atomic E-state index is 11.3. The van der Waals surface area contributed by atoms with E-state index in [9.17, 15) is 9.90 Å². The Kier molecular flexibility index (Phi) is 4.76. The third-order valence-corrected chi connectivity index (χ3v) is 4.84. The molecule has 0 aromatic carbocycles. The summed E-state index contributed by atoms with van der Waals surface area (Å²) in [6, 6.07) is -0.435. The molecule has 2 rings (SSSR count). The first-order valence-corrected chi connectivity index (χ1v) is 7.82. The van der Waals surface area contributed by atoms with Crippen molar-refractivity contribution < 1.29 is 9.90 Å². The Morgan fingerprint density at radius 3 is 2.95 bits per heavy atom. The first-order valence-electron chi connectivity index (χ1n) is 6.29. The molecule has 1 fully saturated rings. The van der Waals surface area contributed by atoms with Crippen LogP contribution in [0.4, 0.5) is 0 Å². The number of thioether (sulfide) groups is 1. The zero-order chi connectivity index (χ0) is 14.0. The largest absolute Gasteiger partial charge is 0.480 e. The second-order valence-corrected chi connectivity index (χ2v) is 6.11. The highest BCUT2D eigenvalue weighted by Crippen LogP contribution is 2.25. The Morgan fingerprint density at radius 1 is 1.63 bits per heavy atom. The van der Waals surface area contributed by atoms with Gasteiger partial charge in [-0.25, -0.2) is 0 Å². The van der Waals surface area contributed by atoms with E-state index in [1.807, 2.05) is 18.9 Å². The predicted octanol–water partition coefficient (Wildman–Crippen LogP) is 1.64. The summed E-state index contributed by atoms with van der Waals surface area (Å²) < 4.78 is 1.77.